The highest BCUT2D eigenvalue weighted by atomic mass is 32.1. The van der Waals surface area contributed by atoms with Crippen LogP contribution in [0.1, 0.15) is 22.5 Å². The Bertz CT molecular complexity index is 754. The van der Waals surface area contributed by atoms with E-state index in [0.717, 1.165) is 34.8 Å². The summed E-state index contributed by atoms with van der Waals surface area (Å²) in [6.45, 7) is 1.64. The van der Waals surface area contributed by atoms with Crippen LogP contribution in [0.5, 0.6) is 11.5 Å². The molecule has 1 aromatic carbocycles. The number of carbonyl (C=O) groups is 1. The first-order valence-corrected chi connectivity index (χ1v) is 9.07. The van der Waals surface area contributed by atoms with Crippen molar-refractivity contribution >= 4 is 17.2 Å². The van der Waals surface area contributed by atoms with E-state index in [1.54, 1.807) is 0 Å². The molecule has 2 aliphatic rings. The Morgan fingerprint density at radius 2 is 2.00 bits per heavy atom. The fourth-order valence-electron chi connectivity index (χ4n) is 2.92. The van der Waals surface area contributed by atoms with Crippen LogP contribution in [0.25, 0.3) is 10.4 Å². The van der Waals surface area contributed by atoms with E-state index in [-0.39, 0.29) is 11.9 Å². The fourth-order valence-corrected chi connectivity index (χ4v) is 3.82. The summed E-state index contributed by atoms with van der Waals surface area (Å²) in [5.74, 6) is 2.05. The zero-order chi connectivity index (χ0) is 16.5. The monoisotopic (exact) mass is 344 g/mol. The first kappa shape index (κ1) is 15.5. The lowest BCUT2D eigenvalue weighted by molar-refractivity contribution is 0.0937. The van der Waals surface area contributed by atoms with Crippen LogP contribution in [-0.2, 0) is 0 Å². The predicted molar refractivity (Wildman–Crippen MR) is 93.8 cm³/mol. The Hall–Kier alpha value is -2.05. The van der Waals surface area contributed by atoms with Crippen LogP contribution in [0, 0.1) is 5.92 Å². The molecule has 1 saturated carbocycles. The van der Waals surface area contributed by atoms with E-state index in [1.807, 2.05) is 30.3 Å². The number of amides is 1. The molecule has 1 unspecified atom stereocenters. The third-order valence-corrected chi connectivity index (χ3v) is 5.55. The summed E-state index contributed by atoms with van der Waals surface area (Å²) >= 11 is 1.48. The summed E-state index contributed by atoms with van der Waals surface area (Å²) in [5, 5.41) is 3.06. The molecule has 126 valence electrons. The normalized spacial score (nSPS) is 17.4. The fraction of sp³-hybridized carbons (Fsp3) is 0.389. The van der Waals surface area contributed by atoms with Gasteiger partial charge in [-0.3, -0.25) is 4.79 Å². The molecule has 6 heteroatoms. The second-order valence-electron chi connectivity index (χ2n) is 6.18. The molecule has 2 aromatic rings. The summed E-state index contributed by atoms with van der Waals surface area (Å²) in [6.07, 6.45) is 2.32. The molecule has 2 heterocycles. The van der Waals surface area contributed by atoms with Crippen LogP contribution in [-0.4, -0.2) is 31.7 Å². The van der Waals surface area contributed by atoms with Gasteiger partial charge in [-0.1, -0.05) is 0 Å². The Labute approximate surface area is 144 Å². The van der Waals surface area contributed by atoms with Crippen molar-refractivity contribution in [1.82, 2.24) is 5.32 Å². The number of carbonyl (C=O) groups excluding carboxylic acids is 1. The minimum atomic E-state index is -0.0360. The maximum atomic E-state index is 12.4. The number of hydrogen-bond acceptors (Lipinski definition) is 5. The molecule has 1 aliphatic carbocycles. The van der Waals surface area contributed by atoms with Gasteiger partial charge in [0.2, 0.25) is 0 Å². The number of rotatable bonds is 5. The van der Waals surface area contributed by atoms with Crippen LogP contribution in [0.4, 0.5) is 0 Å². The third-order valence-electron chi connectivity index (χ3n) is 4.42. The molecule has 1 amide bonds. The SMILES string of the molecule is NCC(NC(=O)c1ccc(-c2ccc3c(c2)OCCO3)s1)C1CC1. The van der Waals surface area contributed by atoms with Crippen LogP contribution in [0.3, 0.4) is 0 Å². The highest BCUT2D eigenvalue weighted by Gasteiger charge is 2.31. The Morgan fingerprint density at radius 1 is 1.21 bits per heavy atom. The van der Waals surface area contributed by atoms with Crippen molar-refractivity contribution < 1.29 is 14.3 Å². The average Bonchev–Trinajstić information content (AvgIpc) is 3.34. The number of benzene rings is 1. The van der Waals surface area contributed by atoms with E-state index in [1.165, 1.54) is 11.3 Å². The predicted octanol–water partition coefficient (Wildman–Crippen LogP) is 2.65. The van der Waals surface area contributed by atoms with Crippen LogP contribution < -0.4 is 20.5 Å². The van der Waals surface area contributed by atoms with E-state index in [0.29, 0.717) is 30.6 Å². The zero-order valence-electron chi connectivity index (χ0n) is 13.3. The molecule has 1 atom stereocenters. The largest absolute Gasteiger partial charge is 0.486 e. The van der Waals surface area contributed by atoms with Crippen LogP contribution >= 0.6 is 11.3 Å². The highest BCUT2D eigenvalue weighted by Crippen LogP contribution is 2.37. The topological polar surface area (TPSA) is 73.6 Å². The quantitative estimate of drug-likeness (QED) is 0.874. The Balaban J connectivity index is 1.50. The van der Waals surface area contributed by atoms with E-state index >= 15 is 0 Å². The van der Waals surface area contributed by atoms with Gasteiger partial charge in [-0.05, 0) is 54.7 Å². The number of fused-ring (bicyclic) bond motifs is 1. The number of nitrogens with two attached hydrogens (primary N) is 1. The van der Waals surface area contributed by atoms with Gasteiger partial charge in [0.25, 0.3) is 5.91 Å². The summed E-state index contributed by atoms with van der Waals surface area (Å²) in [6, 6.07) is 9.81. The molecule has 1 fully saturated rings. The van der Waals surface area contributed by atoms with Crippen molar-refractivity contribution in [2.24, 2.45) is 11.7 Å². The van der Waals surface area contributed by atoms with E-state index in [4.69, 9.17) is 15.2 Å². The summed E-state index contributed by atoms with van der Waals surface area (Å²) in [4.78, 5) is 14.2. The van der Waals surface area contributed by atoms with Gasteiger partial charge in [0.15, 0.2) is 11.5 Å². The molecular formula is C18H20N2O3S. The summed E-state index contributed by atoms with van der Waals surface area (Å²) < 4.78 is 11.2. The molecule has 0 spiro atoms. The van der Waals surface area contributed by atoms with E-state index < -0.39 is 0 Å². The number of thiophene rings is 1. The minimum Gasteiger partial charge on any atom is -0.486 e. The molecule has 0 radical (unpaired) electrons. The molecule has 5 nitrogen and oxygen atoms in total. The van der Waals surface area contributed by atoms with Gasteiger partial charge in [-0.15, -0.1) is 11.3 Å². The number of nitrogens with one attached hydrogen (secondary N) is 1. The number of hydrogen-bond donors (Lipinski definition) is 2. The Morgan fingerprint density at radius 3 is 2.75 bits per heavy atom. The molecule has 1 aromatic heterocycles. The van der Waals surface area contributed by atoms with Gasteiger partial charge in [-0.25, -0.2) is 0 Å². The second kappa shape index (κ2) is 6.45. The van der Waals surface area contributed by atoms with Gasteiger partial charge in [0, 0.05) is 17.5 Å². The molecule has 0 saturated heterocycles. The van der Waals surface area contributed by atoms with Crippen LogP contribution in [0.2, 0.25) is 0 Å². The highest BCUT2D eigenvalue weighted by molar-refractivity contribution is 7.17. The molecule has 3 N–H and O–H groups in total. The van der Waals surface area contributed by atoms with Gasteiger partial charge in [-0.2, -0.15) is 0 Å². The van der Waals surface area contributed by atoms with Crippen molar-refractivity contribution in [2.45, 2.75) is 18.9 Å². The number of ether oxygens (including phenoxy) is 2. The van der Waals surface area contributed by atoms with Crippen molar-refractivity contribution in [3.63, 3.8) is 0 Å². The summed E-state index contributed by atoms with van der Waals surface area (Å²) in [5.41, 5.74) is 6.79. The lowest BCUT2D eigenvalue weighted by atomic mass is 10.1. The van der Waals surface area contributed by atoms with Crippen molar-refractivity contribution in [2.75, 3.05) is 19.8 Å². The molecule has 0 bridgehead atoms. The molecule has 24 heavy (non-hydrogen) atoms. The van der Waals surface area contributed by atoms with Gasteiger partial charge in [0.05, 0.1) is 4.88 Å². The van der Waals surface area contributed by atoms with Gasteiger partial charge in [0.1, 0.15) is 13.2 Å². The standard InChI is InChI=1S/C18H20N2O3S/c19-10-13(11-1-2-11)20-18(21)17-6-5-16(24-17)12-3-4-14-15(9-12)23-8-7-22-14/h3-6,9,11,13H,1-2,7-8,10,19H2,(H,20,21). The Kier molecular flexibility index (Phi) is 4.16. The van der Waals surface area contributed by atoms with Crippen molar-refractivity contribution in [1.29, 1.82) is 0 Å². The van der Waals surface area contributed by atoms with Crippen molar-refractivity contribution in [3.8, 4) is 21.9 Å². The smallest absolute Gasteiger partial charge is 0.261 e. The summed E-state index contributed by atoms with van der Waals surface area (Å²) in [7, 11) is 0. The molecule has 1 aliphatic heterocycles. The minimum absolute atomic E-state index is 0.0360. The maximum Gasteiger partial charge on any atom is 0.261 e. The second-order valence-corrected chi connectivity index (χ2v) is 7.26. The average molecular weight is 344 g/mol. The van der Waals surface area contributed by atoms with Gasteiger partial charge < -0.3 is 20.5 Å². The lowest BCUT2D eigenvalue weighted by Gasteiger charge is -2.18. The zero-order valence-corrected chi connectivity index (χ0v) is 14.1. The van der Waals surface area contributed by atoms with E-state index in [9.17, 15) is 4.79 Å². The maximum absolute atomic E-state index is 12.4. The first-order chi connectivity index (χ1) is 11.7. The van der Waals surface area contributed by atoms with E-state index in [2.05, 4.69) is 5.32 Å². The third kappa shape index (κ3) is 3.12. The molecule has 4 rings (SSSR count). The molecular weight excluding hydrogens is 324 g/mol. The first-order valence-electron chi connectivity index (χ1n) is 8.25. The van der Waals surface area contributed by atoms with Gasteiger partial charge >= 0.3 is 0 Å². The van der Waals surface area contributed by atoms with Crippen molar-refractivity contribution in [3.05, 3.63) is 35.2 Å². The van der Waals surface area contributed by atoms with Crippen LogP contribution in [0.15, 0.2) is 30.3 Å². The lowest BCUT2D eigenvalue weighted by Crippen LogP contribution is -2.41.